The van der Waals surface area contributed by atoms with Gasteiger partial charge in [0.25, 0.3) is 0 Å². The van der Waals surface area contributed by atoms with Crippen LogP contribution in [0, 0.1) is 12.7 Å². The molecule has 1 saturated carbocycles. The number of methoxy groups -OCH3 is 2. The number of carbonyl (C=O) groups is 1. The molecule has 4 saturated heterocycles. The van der Waals surface area contributed by atoms with E-state index in [0.717, 1.165) is 52.3 Å². The Morgan fingerprint density at radius 2 is 1.67 bits per heavy atom. The van der Waals surface area contributed by atoms with Crippen LogP contribution >= 0.6 is 0 Å². The summed E-state index contributed by atoms with van der Waals surface area (Å²) in [6.07, 6.45) is 1.51. The number of alkyl halides is 1. The molecular weight excluding hydrogens is 847 g/mol. The number of benzene rings is 2. The number of hydrogen-bond acceptors (Lipinski definition) is 12. The standard InChI is InChI=1S/C50H54F2N8O6/c1-27-19-50(20-33(51)24-58(50)21-27)26-65-48-55-44-41-46(56-48)59-25-34-12-17-38(60(34)49(61)62)45(59)29(3)66-47(41)54-43(42(44)52)37-18-39(53-28(2)40(37)32-10-11-32)57(22-30-6-13-35(63-4)14-7-30)23-31-8-15-36(64-5)16-9-31/h6-9,13-16,18,29,32-34,38,45H,1,10-12,17,19-26H2,2-5H3,(H,61,62)/t29?,33-,34?,38?,45?,50?/m1/s1. The number of hydrogen-bond donors (Lipinski definition) is 1. The third-order valence-corrected chi connectivity index (χ3v) is 14.7. The zero-order chi connectivity index (χ0) is 45.6. The number of ether oxygens (including phenoxy) is 4. The first kappa shape index (κ1) is 42.4. The molecule has 6 aliphatic rings. The van der Waals surface area contributed by atoms with Crippen molar-refractivity contribution in [2.24, 2.45) is 0 Å². The van der Waals surface area contributed by atoms with Crippen LogP contribution in [0.25, 0.3) is 22.2 Å². The number of fused-ring (bicyclic) bond motifs is 6. The van der Waals surface area contributed by atoms with Gasteiger partial charge in [-0.1, -0.05) is 36.4 Å². The molecule has 1 N–H and O–H groups in total. The molecule has 0 radical (unpaired) electrons. The summed E-state index contributed by atoms with van der Waals surface area (Å²) in [5.74, 6) is 2.20. The van der Waals surface area contributed by atoms with Gasteiger partial charge in [0.2, 0.25) is 5.88 Å². The first-order valence-corrected chi connectivity index (χ1v) is 23.0. The van der Waals surface area contributed by atoms with Crippen LogP contribution in [0.5, 0.6) is 23.4 Å². The van der Waals surface area contributed by atoms with Crippen molar-refractivity contribution in [2.75, 3.05) is 50.3 Å². The molecule has 344 valence electrons. The lowest BCUT2D eigenvalue weighted by Crippen LogP contribution is -2.64. The Hall–Kier alpha value is -6.29. The van der Waals surface area contributed by atoms with E-state index in [4.69, 9.17) is 38.9 Å². The van der Waals surface area contributed by atoms with E-state index >= 15 is 4.39 Å². The zero-order valence-corrected chi connectivity index (χ0v) is 37.7. The zero-order valence-electron chi connectivity index (χ0n) is 37.7. The van der Waals surface area contributed by atoms with Crippen molar-refractivity contribution in [2.45, 2.75) is 107 Å². The fourth-order valence-electron chi connectivity index (χ4n) is 11.6. The molecule has 16 heteroatoms. The third kappa shape index (κ3) is 7.28. The molecule has 11 rings (SSSR count). The highest BCUT2D eigenvalue weighted by molar-refractivity contribution is 5.98. The summed E-state index contributed by atoms with van der Waals surface area (Å²) < 4.78 is 57.4. The molecule has 2 aromatic carbocycles. The van der Waals surface area contributed by atoms with Gasteiger partial charge in [0.15, 0.2) is 5.82 Å². The van der Waals surface area contributed by atoms with Crippen molar-refractivity contribution < 1.29 is 37.6 Å². The van der Waals surface area contributed by atoms with Crippen LogP contribution in [-0.2, 0) is 13.1 Å². The van der Waals surface area contributed by atoms with Crippen LogP contribution in [0.3, 0.4) is 0 Å². The Kier molecular flexibility index (Phi) is 10.4. The Morgan fingerprint density at radius 3 is 2.32 bits per heavy atom. The largest absolute Gasteiger partial charge is 0.497 e. The van der Waals surface area contributed by atoms with E-state index < -0.39 is 41.8 Å². The third-order valence-electron chi connectivity index (χ3n) is 14.7. The molecule has 66 heavy (non-hydrogen) atoms. The van der Waals surface area contributed by atoms with Crippen LogP contribution < -0.4 is 28.7 Å². The van der Waals surface area contributed by atoms with Gasteiger partial charge >= 0.3 is 12.1 Å². The van der Waals surface area contributed by atoms with Crippen LogP contribution in [0.15, 0.2) is 66.7 Å². The Morgan fingerprint density at radius 1 is 0.970 bits per heavy atom. The molecular formula is C50H54F2N8O6. The summed E-state index contributed by atoms with van der Waals surface area (Å²) in [4.78, 5) is 40.7. The predicted molar refractivity (Wildman–Crippen MR) is 244 cm³/mol. The van der Waals surface area contributed by atoms with Gasteiger partial charge in [0.05, 0.1) is 37.9 Å². The number of rotatable bonds is 12. The minimum absolute atomic E-state index is 0.0121. The van der Waals surface area contributed by atoms with E-state index in [2.05, 4.69) is 21.3 Å². The van der Waals surface area contributed by atoms with Crippen molar-refractivity contribution in [1.82, 2.24) is 29.7 Å². The molecule has 3 aromatic heterocycles. The number of halogens is 2. The summed E-state index contributed by atoms with van der Waals surface area (Å²) >= 11 is 0. The summed E-state index contributed by atoms with van der Waals surface area (Å²) in [6, 6.07) is 16.6. The van der Waals surface area contributed by atoms with Gasteiger partial charge < -0.3 is 33.9 Å². The molecule has 5 fully saturated rings. The number of aryl methyl sites for hydroxylation is 1. The van der Waals surface area contributed by atoms with E-state index in [9.17, 15) is 14.3 Å². The average molecular weight is 901 g/mol. The van der Waals surface area contributed by atoms with Crippen molar-refractivity contribution in [1.29, 1.82) is 0 Å². The van der Waals surface area contributed by atoms with E-state index in [0.29, 0.717) is 74.6 Å². The lowest BCUT2D eigenvalue weighted by Gasteiger charge is -2.47. The van der Waals surface area contributed by atoms with Crippen molar-refractivity contribution in [3.05, 3.63) is 95.0 Å². The second-order valence-corrected chi connectivity index (χ2v) is 19.1. The summed E-state index contributed by atoms with van der Waals surface area (Å²) in [7, 11) is 3.28. The smallest absolute Gasteiger partial charge is 0.407 e. The first-order valence-electron chi connectivity index (χ1n) is 23.0. The van der Waals surface area contributed by atoms with Gasteiger partial charge in [-0.25, -0.2) is 23.5 Å². The second kappa shape index (κ2) is 16.2. The Bertz CT molecular complexity index is 2690. The van der Waals surface area contributed by atoms with Crippen LogP contribution in [0.1, 0.15) is 73.8 Å². The lowest BCUT2D eigenvalue weighted by molar-refractivity contribution is 0.0706. The topological polar surface area (TPSA) is 139 Å². The van der Waals surface area contributed by atoms with Gasteiger partial charge in [0, 0.05) is 50.4 Å². The molecule has 2 bridgehead atoms. The average Bonchev–Trinajstić information content (AvgIpc) is 3.97. The molecule has 1 amide bonds. The molecule has 0 spiro atoms. The number of pyridine rings is 2. The highest BCUT2D eigenvalue weighted by Gasteiger charge is 2.54. The molecule has 5 unspecified atom stereocenters. The van der Waals surface area contributed by atoms with E-state index in [1.54, 1.807) is 19.1 Å². The maximum atomic E-state index is 18.2. The predicted octanol–water partition coefficient (Wildman–Crippen LogP) is 8.24. The minimum Gasteiger partial charge on any atom is -0.497 e. The van der Waals surface area contributed by atoms with Crippen LogP contribution in [0.4, 0.5) is 25.2 Å². The summed E-state index contributed by atoms with van der Waals surface area (Å²) in [5, 5.41) is 10.7. The lowest BCUT2D eigenvalue weighted by atomic mass is 9.93. The Labute approximate surface area is 382 Å². The maximum absolute atomic E-state index is 18.2. The first-order chi connectivity index (χ1) is 31.9. The Balaban J connectivity index is 1.06. The van der Waals surface area contributed by atoms with Crippen LogP contribution in [-0.4, -0.2) is 117 Å². The van der Waals surface area contributed by atoms with Crippen molar-refractivity contribution >= 4 is 28.6 Å². The van der Waals surface area contributed by atoms with Gasteiger partial charge in [0.1, 0.15) is 58.6 Å². The quantitative estimate of drug-likeness (QED) is 0.121. The fraction of sp³-hybridized carbons (Fsp3) is 0.460. The SMILES string of the molecule is C=C1CN2C[C@H](F)CC2(COc2nc3c4c(nc(-c5cc(N(Cc6ccc(OC)cc6)Cc6ccc(OC)cc6)nc(C)c5C5CC5)c(F)c4n2)OC(C)C2C4CCC(CN32)N4C(=O)O)C1. The van der Waals surface area contributed by atoms with Crippen molar-refractivity contribution in [3.8, 4) is 34.6 Å². The maximum Gasteiger partial charge on any atom is 0.407 e. The summed E-state index contributed by atoms with van der Waals surface area (Å²) in [5.41, 5.74) is 4.81. The van der Waals surface area contributed by atoms with Gasteiger partial charge in [-0.05, 0) is 98.9 Å². The van der Waals surface area contributed by atoms with E-state index in [1.807, 2.05) is 68.4 Å². The number of nitrogens with zero attached hydrogens (tertiary/aromatic N) is 8. The van der Waals surface area contributed by atoms with Gasteiger partial charge in [-0.2, -0.15) is 9.97 Å². The molecule has 6 atom stereocenters. The highest BCUT2D eigenvalue weighted by atomic mass is 19.1. The number of anilines is 2. The van der Waals surface area contributed by atoms with Crippen molar-refractivity contribution in [3.63, 3.8) is 0 Å². The number of carboxylic acid groups (broad SMARTS) is 1. The number of aromatic nitrogens is 4. The monoisotopic (exact) mass is 900 g/mol. The van der Waals surface area contributed by atoms with Gasteiger partial charge in [-0.15, -0.1) is 0 Å². The number of piperazine rings is 1. The van der Waals surface area contributed by atoms with E-state index in [1.165, 1.54) is 0 Å². The fourth-order valence-corrected chi connectivity index (χ4v) is 11.6. The van der Waals surface area contributed by atoms with Gasteiger partial charge in [-0.3, -0.25) is 9.80 Å². The number of amides is 1. The highest BCUT2D eigenvalue weighted by Crippen LogP contribution is 2.51. The van der Waals surface area contributed by atoms with E-state index in [-0.39, 0.29) is 48.1 Å². The molecule has 5 aliphatic heterocycles. The summed E-state index contributed by atoms with van der Waals surface area (Å²) in [6.45, 7) is 10.4. The van der Waals surface area contributed by atoms with Crippen LogP contribution in [0.2, 0.25) is 0 Å². The minimum atomic E-state index is -1.00. The normalized spacial score (nSPS) is 25.4. The molecule has 8 heterocycles. The molecule has 5 aromatic rings. The molecule has 1 aliphatic carbocycles. The molecule has 14 nitrogen and oxygen atoms in total. The second-order valence-electron chi connectivity index (χ2n) is 19.1.